The number of carbonyl (C=O) groups excluding carboxylic acids is 2. The highest BCUT2D eigenvalue weighted by molar-refractivity contribution is 6.91. The van der Waals surface area contributed by atoms with Gasteiger partial charge in [0.15, 0.2) is 0 Å². The molecule has 0 heterocycles. The topological polar surface area (TPSA) is 34.1 Å². The Hall–Kier alpha value is -1.11. The molecule has 0 rings (SSSR count). The Morgan fingerprint density at radius 1 is 0.464 bits per heavy atom. The summed E-state index contributed by atoms with van der Waals surface area (Å²) in [6, 6.07) is 0. The summed E-state index contributed by atoms with van der Waals surface area (Å²) in [6.45, 7) is 26.3. The molecule has 4 heteroatoms. The third kappa shape index (κ3) is 5.49. The van der Waals surface area contributed by atoms with E-state index in [0.29, 0.717) is 33.2 Å². The van der Waals surface area contributed by atoms with Crippen molar-refractivity contribution in [3.8, 4) is 22.9 Å². The van der Waals surface area contributed by atoms with Gasteiger partial charge in [0.25, 0.3) is 11.6 Å². The molecule has 0 radical (unpaired) electrons. The van der Waals surface area contributed by atoms with Crippen molar-refractivity contribution in [1.82, 2.24) is 0 Å². The van der Waals surface area contributed by atoms with E-state index >= 15 is 0 Å². The van der Waals surface area contributed by atoms with Crippen molar-refractivity contribution >= 4 is 27.7 Å². The maximum Gasteiger partial charge on any atom is 0.284 e. The first-order valence-electron chi connectivity index (χ1n) is 10.8. The molecule has 0 bridgehead atoms. The normalized spacial score (nSPS) is 12.5. The van der Waals surface area contributed by atoms with Gasteiger partial charge in [0.2, 0.25) is 0 Å². The van der Waals surface area contributed by atoms with Gasteiger partial charge in [-0.2, -0.15) is 0 Å². The summed E-state index contributed by atoms with van der Waals surface area (Å²) in [5.41, 5.74) is 9.25. The molecule has 0 aliphatic carbocycles. The number of hydrogen-bond donors (Lipinski definition) is 0. The molecule has 0 saturated carbocycles. The number of hydrogen-bond acceptors (Lipinski definition) is 2. The van der Waals surface area contributed by atoms with E-state index in [1.807, 2.05) is 0 Å². The smallest absolute Gasteiger partial charge is 0.275 e. The first-order valence-corrected chi connectivity index (χ1v) is 15.3. The molecule has 0 fully saturated rings. The highest BCUT2D eigenvalue weighted by atomic mass is 28.3. The van der Waals surface area contributed by atoms with Gasteiger partial charge in [0.05, 0.1) is 0 Å². The molecule has 0 aliphatic rings. The molecule has 0 aliphatic heterocycles. The average Bonchev–Trinajstić information content (AvgIpc) is 2.53. The van der Waals surface area contributed by atoms with E-state index in [1.54, 1.807) is 0 Å². The lowest BCUT2D eigenvalue weighted by Crippen LogP contribution is -2.43. The molecule has 0 aromatic heterocycles. The molecular weight excluding hydrogens is 376 g/mol. The van der Waals surface area contributed by atoms with Crippen molar-refractivity contribution in [2.24, 2.45) is 0 Å². The van der Waals surface area contributed by atoms with Crippen LogP contribution in [-0.2, 0) is 9.59 Å². The molecule has 0 atom stereocenters. The molecule has 28 heavy (non-hydrogen) atoms. The number of carbonyl (C=O) groups is 2. The zero-order chi connectivity index (χ0) is 22.4. The molecule has 0 saturated heterocycles. The molecule has 0 amide bonds. The van der Waals surface area contributed by atoms with Gasteiger partial charge in [0, 0.05) is 0 Å². The van der Waals surface area contributed by atoms with Crippen molar-refractivity contribution in [3.05, 3.63) is 0 Å². The van der Waals surface area contributed by atoms with Crippen LogP contribution in [0.4, 0.5) is 0 Å². The quantitative estimate of drug-likeness (QED) is 0.266. The Kier molecular flexibility index (Phi) is 10.2. The molecule has 0 N–H and O–H groups in total. The Balaban J connectivity index is 5.98. The van der Waals surface area contributed by atoms with Gasteiger partial charge in [0.1, 0.15) is 16.1 Å². The molecular formula is C24H42O2Si2. The van der Waals surface area contributed by atoms with Crippen LogP contribution in [0.3, 0.4) is 0 Å². The monoisotopic (exact) mass is 418 g/mol. The van der Waals surface area contributed by atoms with Crippen LogP contribution >= 0.6 is 0 Å². The maximum absolute atomic E-state index is 12.5. The second kappa shape index (κ2) is 10.6. The molecule has 2 nitrogen and oxygen atoms in total. The van der Waals surface area contributed by atoms with Crippen LogP contribution in [0.1, 0.15) is 83.1 Å². The van der Waals surface area contributed by atoms with Crippen LogP contribution in [-0.4, -0.2) is 27.7 Å². The second-order valence-corrected chi connectivity index (χ2v) is 21.1. The van der Waals surface area contributed by atoms with Crippen LogP contribution < -0.4 is 0 Å². The highest BCUT2D eigenvalue weighted by Gasteiger charge is 2.43. The van der Waals surface area contributed by atoms with E-state index in [-0.39, 0.29) is 0 Å². The molecule has 0 spiro atoms. The maximum atomic E-state index is 12.5. The lowest BCUT2D eigenvalue weighted by Gasteiger charge is -2.38. The van der Waals surface area contributed by atoms with Crippen LogP contribution in [0.15, 0.2) is 0 Å². The largest absolute Gasteiger partial charge is 0.284 e. The minimum Gasteiger partial charge on any atom is -0.275 e. The first-order chi connectivity index (χ1) is 12.7. The summed E-state index contributed by atoms with van der Waals surface area (Å²) in [5, 5.41) is 0. The van der Waals surface area contributed by atoms with E-state index in [9.17, 15) is 9.59 Å². The van der Waals surface area contributed by atoms with Gasteiger partial charge in [-0.25, -0.2) is 0 Å². The van der Waals surface area contributed by atoms with E-state index < -0.39 is 27.7 Å². The van der Waals surface area contributed by atoms with Crippen LogP contribution in [0.25, 0.3) is 0 Å². The summed E-state index contributed by atoms with van der Waals surface area (Å²) >= 11 is 0. The van der Waals surface area contributed by atoms with Gasteiger partial charge in [-0.15, -0.1) is 11.1 Å². The van der Waals surface area contributed by atoms with Gasteiger partial charge in [-0.1, -0.05) is 83.1 Å². The summed E-state index contributed by atoms with van der Waals surface area (Å²) in [4.78, 5) is 25.0. The van der Waals surface area contributed by atoms with Gasteiger partial charge in [-0.05, 0) is 45.1 Å². The third-order valence-electron chi connectivity index (χ3n) is 6.72. The Labute approximate surface area is 176 Å². The van der Waals surface area contributed by atoms with Crippen molar-refractivity contribution in [2.45, 2.75) is 116 Å². The fourth-order valence-electron chi connectivity index (χ4n) is 5.31. The summed E-state index contributed by atoms with van der Waals surface area (Å²) in [7, 11) is -4.05. The fraction of sp³-hybridized carbons (Fsp3) is 0.750. The van der Waals surface area contributed by atoms with Crippen LogP contribution in [0, 0.1) is 22.9 Å². The lowest BCUT2D eigenvalue weighted by molar-refractivity contribution is -0.129. The summed E-state index contributed by atoms with van der Waals surface area (Å²) < 4.78 is 0. The van der Waals surface area contributed by atoms with E-state index in [4.69, 9.17) is 0 Å². The summed E-state index contributed by atoms with van der Waals surface area (Å²) in [6.07, 6.45) is 0. The summed E-state index contributed by atoms with van der Waals surface area (Å²) in [5.74, 6) is 4.19. The number of ketones is 2. The van der Waals surface area contributed by atoms with Gasteiger partial charge >= 0.3 is 0 Å². The zero-order valence-corrected chi connectivity index (χ0v) is 22.3. The second-order valence-electron chi connectivity index (χ2n) is 9.95. The molecule has 0 unspecified atom stereocenters. The predicted octanol–water partition coefficient (Wildman–Crippen LogP) is 6.57. The SMILES string of the molecule is CC(C)[Si](C#CC(=O)C(=O)C#C[Si](C(C)C)(C(C)C)C(C)C)(C(C)C)C(C)C. The Bertz CT molecular complexity index is 573. The van der Waals surface area contributed by atoms with Crippen LogP contribution in [0.5, 0.6) is 0 Å². The van der Waals surface area contributed by atoms with Gasteiger partial charge < -0.3 is 0 Å². The highest BCUT2D eigenvalue weighted by Crippen LogP contribution is 2.41. The Morgan fingerprint density at radius 2 is 0.643 bits per heavy atom. The minimum atomic E-state index is -2.02. The van der Waals surface area contributed by atoms with E-state index in [0.717, 1.165) is 0 Å². The molecule has 0 aromatic carbocycles. The third-order valence-corrected chi connectivity index (χ3v) is 19.3. The van der Waals surface area contributed by atoms with Crippen LogP contribution in [0.2, 0.25) is 33.2 Å². The lowest BCUT2D eigenvalue weighted by atomic mass is 10.3. The Morgan fingerprint density at radius 3 is 0.786 bits per heavy atom. The molecule has 158 valence electrons. The van der Waals surface area contributed by atoms with Gasteiger partial charge in [-0.3, -0.25) is 9.59 Å². The van der Waals surface area contributed by atoms with Crippen molar-refractivity contribution < 1.29 is 9.59 Å². The van der Waals surface area contributed by atoms with Crippen molar-refractivity contribution in [3.63, 3.8) is 0 Å². The zero-order valence-electron chi connectivity index (χ0n) is 20.3. The minimum absolute atomic E-state index is 0.428. The average molecular weight is 419 g/mol. The standard InChI is InChI=1S/C24H42O2Si2/c1-17(2)27(18(3)4,19(5)6)15-13-23(25)24(26)14-16-28(20(7)8,21(9)10)22(11)12/h17-22H,1-12H3. The predicted molar refractivity (Wildman–Crippen MR) is 128 cm³/mol. The van der Waals surface area contributed by atoms with E-state index in [2.05, 4.69) is 106 Å². The van der Waals surface area contributed by atoms with Crippen molar-refractivity contribution in [1.29, 1.82) is 0 Å². The van der Waals surface area contributed by atoms with E-state index in [1.165, 1.54) is 0 Å². The number of rotatable bonds is 7. The fourth-order valence-corrected chi connectivity index (χ4v) is 15.7. The first kappa shape index (κ1) is 26.9. The molecule has 0 aromatic rings. The van der Waals surface area contributed by atoms with Crippen molar-refractivity contribution in [2.75, 3.05) is 0 Å². The number of Topliss-reactive ketones (excluding diaryl/α,β-unsaturated/α-hetero) is 2.